The van der Waals surface area contributed by atoms with Gasteiger partial charge in [-0.05, 0) is 43.3 Å². The van der Waals surface area contributed by atoms with Crippen molar-refractivity contribution in [1.29, 1.82) is 0 Å². The number of nitrogens with one attached hydrogen (secondary N) is 1. The summed E-state index contributed by atoms with van der Waals surface area (Å²) in [5, 5.41) is 13.6. The van der Waals surface area contributed by atoms with E-state index in [4.69, 9.17) is 0 Å². The number of hydrogen-bond acceptors (Lipinski definition) is 5. The summed E-state index contributed by atoms with van der Waals surface area (Å²) >= 11 is 1.33. The Morgan fingerprint density at radius 1 is 0.893 bits per heavy atom. The van der Waals surface area contributed by atoms with E-state index in [0.717, 1.165) is 4.90 Å². The Morgan fingerprint density at radius 2 is 1.50 bits per heavy atom. The molecule has 0 atom stereocenters. The standard InChI is InChI=1S/C21H16N2O4S/c1-14(24)17-6-2-4-8-19(17)22-21(25)18-7-3-5-9-20(18)28-16-12-10-15(11-13-16)23(26)27/h2-13H,1H3,(H,22,25). The van der Waals surface area contributed by atoms with Gasteiger partial charge in [0.1, 0.15) is 0 Å². The molecule has 1 amide bonds. The highest BCUT2D eigenvalue weighted by Crippen LogP contribution is 2.32. The monoisotopic (exact) mass is 392 g/mol. The van der Waals surface area contributed by atoms with Crippen molar-refractivity contribution in [3.8, 4) is 0 Å². The minimum Gasteiger partial charge on any atom is -0.321 e. The molecule has 6 nitrogen and oxygen atoms in total. The lowest BCUT2D eigenvalue weighted by atomic mass is 10.1. The summed E-state index contributed by atoms with van der Waals surface area (Å²) in [7, 11) is 0. The topological polar surface area (TPSA) is 89.3 Å². The highest BCUT2D eigenvalue weighted by Gasteiger charge is 2.15. The quantitative estimate of drug-likeness (QED) is 0.354. The van der Waals surface area contributed by atoms with E-state index in [0.29, 0.717) is 21.7 Å². The summed E-state index contributed by atoms with van der Waals surface area (Å²) in [5.74, 6) is -0.469. The van der Waals surface area contributed by atoms with Gasteiger partial charge in [0.05, 0.1) is 16.2 Å². The first-order valence-corrected chi connectivity index (χ1v) is 9.20. The van der Waals surface area contributed by atoms with E-state index < -0.39 is 4.92 Å². The van der Waals surface area contributed by atoms with Crippen LogP contribution in [0.15, 0.2) is 82.6 Å². The van der Waals surface area contributed by atoms with Crippen LogP contribution in [-0.4, -0.2) is 16.6 Å². The number of non-ortho nitro benzene ring substituents is 1. The number of para-hydroxylation sites is 1. The molecule has 1 N–H and O–H groups in total. The second-order valence-corrected chi connectivity index (χ2v) is 7.02. The van der Waals surface area contributed by atoms with Gasteiger partial charge < -0.3 is 5.32 Å². The van der Waals surface area contributed by atoms with Gasteiger partial charge in [-0.15, -0.1) is 0 Å². The Hall–Kier alpha value is -3.45. The zero-order chi connectivity index (χ0) is 20.1. The largest absolute Gasteiger partial charge is 0.321 e. The van der Waals surface area contributed by atoms with Gasteiger partial charge in [-0.3, -0.25) is 19.7 Å². The molecule has 3 rings (SSSR count). The predicted octanol–water partition coefficient (Wildman–Crippen LogP) is 5.20. The second-order valence-electron chi connectivity index (χ2n) is 5.91. The van der Waals surface area contributed by atoms with Gasteiger partial charge in [-0.1, -0.05) is 36.0 Å². The zero-order valence-corrected chi connectivity index (χ0v) is 15.7. The fourth-order valence-electron chi connectivity index (χ4n) is 2.59. The number of nitro benzene ring substituents is 1. The molecule has 140 valence electrons. The van der Waals surface area contributed by atoms with Crippen molar-refractivity contribution in [2.75, 3.05) is 5.32 Å². The summed E-state index contributed by atoms with van der Waals surface area (Å²) in [6.45, 7) is 1.45. The van der Waals surface area contributed by atoms with Gasteiger partial charge in [0.15, 0.2) is 5.78 Å². The van der Waals surface area contributed by atoms with Crippen molar-refractivity contribution in [2.24, 2.45) is 0 Å². The molecule has 0 aliphatic rings. The van der Waals surface area contributed by atoms with Crippen LogP contribution in [-0.2, 0) is 0 Å². The maximum atomic E-state index is 12.8. The van der Waals surface area contributed by atoms with Gasteiger partial charge in [0.2, 0.25) is 0 Å². The Bertz CT molecular complexity index is 1050. The number of rotatable bonds is 6. The van der Waals surface area contributed by atoms with Crippen molar-refractivity contribution in [3.63, 3.8) is 0 Å². The van der Waals surface area contributed by atoms with Crippen LogP contribution in [0.2, 0.25) is 0 Å². The van der Waals surface area contributed by atoms with Crippen molar-refractivity contribution in [1.82, 2.24) is 0 Å². The van der Waals surface area contributed by atoms with E-state index in [1.807, 2.05) is 6.07 Å². The summed E-state index contributed by atoms with van der Waals surface area (Å²) < 4.78 is 0. The first kappa shape index (κ1) is 19.3. The van der Waals surface area contributed by atoms with E-state index in [2.05, 4.69) is 5.32 Å². The molecule has 0 saturated heterocycles. The second kappa shape index (κ2) is 8.49. The van der Waals surface area contributed by atoms with E-state index in [1.54, 1.807) is 54.6 Å². The SMILES string of the molecule is CC(=O)c1ccccc1NC(=O)c1ccccc1Sc1ccc([N+](=O)[O-])cc1. The first-order chi connectivity index (χ1) is 13.5. The fourth-order valence-corrected chi connectivity index (χ4v) is 3.54. The number of hydrogen-bond donors (Lipinski definition) is 1. The van der Waals surface area contributed by atoms with Gasteiger partial charge in [0.25, 0.3) is 11.6 Å². The summed E-state index contributed by atoms with van der Waals surface area (Å²) in [6, 6.07) is 20.0. The van der Waals surface area contributed by atoms with Gasteiger partial charge in [0, 0.05) is 27.5 Å². The molecule has 0 radical (unpaired) electrons. The van der Waals surface area contributed by atoms with E-state index in [9.17, 15) is 19.7 Å². The van der Waals surface area contributed by atoms with Crippen molar-refractivity contribution >= 4 is 34.8 Å². The number of nitrogens with zero attached hydrogens (tertiary/aromatic N) is 1. The lowest BCUT2D eigenvalue weighted by molar-refractivity contribution is -0.384. The molecule has 0 aromatic heterocycles. The molecule has 3 aromatic rings. The highest BCUT2D eigenvalue weighted by molar-refractivity contribution is 7.99. The zero-order valence-electron chi connectivity index (χ0n) is 14.9. The van der Waals surface area contributed by atoms with Crippen LogP contribution < -0.4 is 5.32 Å². The number of benzene rings is 3. The Labute approximate surface area is 165 Å². The van der Waals surface area contributed by atoms with Crippen LogP contribution in [0, 0.1) is 10.1 Å². The molecule has 0 unspecified atom stereocenters. The van der Waals surface area contributed by atoms with Crippen molar-refractivity contribution in [2.45, 2.75) is 16.7 Å². The normalized spacial score (nSPS) is 10.3. The summed E-state index contributed by atoms with van der Waals surface area (Å²) in [5.41, 5.74) is 1.35. The van der Waals surface area contributed by atoms with Crippen LogP contribution >= 0.6 is 11.8 Å². The Balaban J connectivity index is 1.85. The van der Waals surface area contributed by atoms with Crippen molar-refractivity contribution in [3.05, 3.63) is 94.0 Å². The molecule has 7 heteroatoms. The molecule has 28 heavy (non-hydrogen) atoms. The molecular weight excluding hydrogens is 376 g/mol. The number of ketones is 1. The molecule has 0 fully saturated rings. The third-order valence-electron chi connectivity index (χ3n) is 3.96. The molecule has 0 aliphatic heterocycles. The summed E-state index contributed by atoms with van der Waals surface area (Å²) in [6.07, 6.45) is 0. The fraction of sp³-hybridized carbons (Fsp3) is 0.0476. The number of anilines is 1. The Morgan fingerprint density at radius 3 is 2.14 bits per heavy atom. The van der Waals surface area contributed by atoms with Gasteiger partial charge >= 0.3 is 0 Å². The van der Waals surface area contributed by atoms with E-state index in [-0.39, 0.29) is 17.4 Å². The molecule has 0 spiro atoms. The van der Waals surface area contributed by atoms with Crippen LogP contribution in [0.4, 0.5) is 11.4 Å². The molecular formula is C21H16N2O4S. The molecule has 0 heterocycles. The number of carbonyl (C=O) groups excluding carboxylic acids is 2. The predicted molar refractivity (Wildman–Crippen MR) is 108 cm³/mol. The number of amides is 1. The third-order valence-corrected chi connectivity index (χ3v) is 5.05. The van der Waals surface area contributed by atoms with E-state index in [1.165, 1.54) is 30.8 Å². The molecule has 0 aliphatic carbocycles. The summed E-state index contributed by atoms with van der Waals surface area (Å²) in [4.78, 5) is 36.4. The lowest BCUT2D eigenvalue weighted by Crippen LogP contribution is -2.15. The average molecular weight is 392 g/mol. The average Bonchev–Trinajstić information content (AvgIpc) is 2.69. The van der Waals surface area contributed by atoms with Crippen molar-refractivity contribution < 1.29 is 14.5 Å². The maximum Gasteiger partial charge on any atom is 0.269 e. The maximum absolute atomic E-state index is 12.8. The van der Waals surface area contributed by atoms with E-state index >= 15 is 0 Å². The van der Waals surface area contributed by atoms with Gasteiger partial charge in [-0.25, -0.2) is 0 Å². The molecule has 3 aromatic carbocycles. The highest BCUT2D eigenvalue weighted by atomic mass is 32.2. The first-order valence-electron chi connectivity index (χ1n) is 8.38. The Kier molecular flexibility index (Phi) is 5.86. The molecule has 0 saturated carbocycles. The number of nitro groups is 1. The van der Waals surface area contributed by atoms with Crippen LogP contribution in [0.5, 0.6) is 0 Å². The lowest BCUT2D eigenvalue weighted by Gasteiger charge is -2.12. The number of Topliss-reactive ketones (excluding diaryl/α,β-unsaturated/α-hetero) is 1. The minimum absolute atomic E-state index is 0.0104. The van der Waals surface area contributed by atoms with Gasteiger partial charge in [-0.2, -0.15) is 0 Å². The third kappa shape index (κ3) is 4.44. The van der Waals surface area contributed by atoms with Crippen LogP contribution in [0.3, 0.4) is 0 Å². The minimum atomic E-state index is -0.456. The van der Waals surface area contributed by atoms with Crippen LogP contribution in [0.1, 0.15) is 27.6 Å². The van der Waals surface area contributed by atoms with Crippen LogP contribution in [0.25, 0.3) is 0 Å². The number of carbonyl (C=O) groups is 2. The smallest absolute Gasteiger partial charge is 0.269 e. The molecule has 0 bridgehead atoms.